The lowest BCUT2D eigenvalue weighted by molar-refractivity contribution is 0.269. The summed E-state index contributed by atoms with van der Waals surface area (Å²) in [6, 6.07) is 5.49. The first-order valence-electron chi connectivity index (χ1n) is 7.28. The minimum Gasteiger partial charge on any atom is -0.490 e. The zero-order chi connectivity index (χ0) is 17.1. The summed E-state index contributed by atoms with van der Waals surface area (Å²) in [5.41, 5.74) is 0.959. The van der Waals surface area contributed by atoms with E-state index in [0.717, 1.165) is 6.42 Å². The van der Waals surface area contributed by atoms with E-state index >= 15 is 0 Å². The van der Waals surface area contributed by atoms with E-state index in [4.69, 9.17) is 32.7 Å². The molecule has 0 aliphatic rings. The second kappa shape index (κ2) is 11.0. The maximum Gasteiger partial charge on any atom is 0.163 e. The Hall–Kier alpha value is -1.64. The van der Waals surface area contributed by atoms with E-state index in [1.807, 2.05) is 14.1 Å². The van der Waals surface area contributed by atoms with E-state index in [-0.39, 0.29) is 0 Å². The van der Waals surface area contributed by atoms with Gasteiger partial charge in [-0.05, 0) is 12.8 Å². The Balaban J connectivity index is 3.08. The molecule has 126 valence electrons. The molecule has 0 spiro atoms. The largest absolute Gasteiger partial charge is 0.490 e. The van der Waals surface area contributed by atoms with Crippen LogP contribution in [0.4, 0.5) is 5.69 Å². The van der Waals surface area contributed by atoms with Crippen molar-refractivity contribution in [3.05, 3.63) is 17.7 Å². The van der Waals surface area contributed by atoms with Crippen LogP contribution in [0, 0.1) is 11.3 Å². The second-order valence-electron chi connectivity index (χ2n) is 4.92. The maximum absolute atomic E-state index is 9.31. The highest BCUT2D eigenvalue weighted by molar-refractivity contribution is 6.18. The van der Waals surface area contributed by atoms with Gasteiger partial charge in [0.1, 0.15) is 6.07 Å². The fourth-order valence-electron chi connectivity index (χ4n) is 1.62. The van der Waals surface area contributed by atoms with Crippen LogP contribution in [-0.4, -0.2) is 50.3 Å². The van der Waals surface area contributed by atoms with Gasteiger partial charge in [0.25, 0.3) is 0 Å². The fourth-order valence-corrected chi connectivity index (χ4v) is 1.84. The van der Waals surface area contributed by atoms with Crippen LogP contribution in [0.25, 0.3) is 0 Å². The van der Waals surface area contributed by atoms with E-state index in [0.29, 0.717) is 54.1 Å². The average molecular weight is 358 g/mol. The minimum absolute atomic E-state index is 0.425. The number of hydrogen-bond donors (Lipinski definition) is 0. The summed E-state index contributed by atoms with van der Waals surface area (Å²) in [5, 5.41) is 9.31. The third-order valence-electron chi connectivity index (χ3n) is 2.68. The Labute approximate surface area is 147 Å². The molecule has 0 aromatic heterocycles. The summed E-state index contributed by atoms with van der Waals surface area (Å²) in [4.78, 5) is 6.09. The van der Waals surface area contributed by atoms with E-state index in [1.165, 1.54) is 0 Å². The van der Waals surface area contributed by atoms with Crippen LogP contribution in [0.2, 0.25) is 0 Å². The standard InChI is InChI=1S/C16H21Cl2N3O2/c1-21(2)12-20-14-10-16(23-8-4-6-18)15(9-13(14)11-19)22-7-3-5-17/h9-10,12H,3-8H2,1-2H3. The first-order valence-corrected chi connectivity index (χ1v) is 8.35. The molecule has 1 aromatic carbocycles. The number of benzene rings is 1. The molecule has 0 bridgehead atoms. The SMILES string of the molecule is CN(C)C=Nc1cc(OCCCCl)c(OCCCCl)cc1C#N. The monoisotopic (exact) mass is 357 g/mol. The van der Waals surface area contributed by atoms with Crippen molar-refractivity contribution in [1.82, 2.24) is 4.90 Å². The lowest BCUT2D eigenvalue weighted by Gasteiger charge is -2.14. The van der Waals surface area contributed by atoms with Gasteiger partial charge in [-0.1, -0.05) is 0 Å². The van der Waals surface area contributed by atoms with Crippen molar-refractivity contribution in [1.29, 1.82) is 5.26 Å². The molecule has 0 radical (unpaired) electrons. The van der Waals surface area contributed by atoms with E-state index in [1.54, 1.807) is 23.4 Å². The van der Waals surface area contributed by atoms with Crippen LogP contribution >= 0.6 is 23.2 Å². The fraction of sp³-hybridized carbons (Fsp3) is 0.500. The molecule has 0 N–H and O–H groups in total. The van der Waals surface area contributed by atoms with Crippen molar-refractivity contribution in [2.24, 2.45) is 4.99 Å². The first-order chi connectivity index (χ1) is 11.1. The summed E-state index contributed by atoms with van der Waals surface area (Å²) in [5.74, 6) is 2.10. The minimum atomic E-state index is 0.425. The van der Waals surface area contributed by atoms with Crippen molar-refractivity contribution < 1.29 is 9.47 Å². The van der Waals surface area contributed by atoms with Gasteiger partial charge in [-0.15, -0.1) is 23.2 Å². The molecule has 0 saturated carbocycles. The predicted octanol–water partition coefficient (Wildman–Crippen LogP) is 3.80. The number of aliphatic imine (C=N–C) groups is 1. The number of ether oxygens (including phenoxy) is 2. The quantitative estimate of drug-likeness (QED) is 0.276. The Morgan fingerprint density at radius 1 is 1.13 bits per heavy atom. The van der Waals surface area contributed by atoms with Crippen LogP contribution in [0.15, 0.2) is 17.1 Å². The van der Waals surface area contributed by atoms with Crippen LogP contribution in [0.3, 0.4) is 0 Å². The normalized spacial score (nSPS) is 10.6. The van der Waals surface area contributed by atoms with Gasteiger partial charge in [-0.3, -0.25) is 0 Å². The van der Waals surface area contributed by atoms with Crippen LogP contribution < -0.4 is 9.47 Å². The third-order valence-corrected chi connectivity index (χ3v) is 3.22. The summed E-state index contributed by atoms with van der Waals surface area (Å²) < 4.78 is 11.4. The zero-order valence-corrected chi connectivity index (χ0v) is 14.9. The topological polar surface area (TPSA) is 57.9 Å². The summed E-state index contributed by atoms with van der Waals surface area (Å²) in [7, 11) is 3.72. The Bertz CT molecular complexity index is 557. The third kappa shape index (κ3) is 6.98. The van der Waals surface area contributed by atoms with Gasteiger partial charge in [-0.2, -0.15) is 5.26 Å². The highest BCUT2D eigenvalue weighted by Crippen LogP contribution is 2.35. The first kappa shape index (κ1) is 19.4. The van der Waals surface area contributed by atoms with Crippen molar-refractivity contribution in [3.63, 3.8) is 0 Å². The molecule has 0 saturated heterocycles. The van der Waals surface area contributed by atoms with Crippen LogP contribution in [0.5, 0.6) is 11.5 Å². The van der Waals surface area contributed by atoms with Crippen molar-refractivity contribution in [3.8, 4) is 17.6 Å². The number of rotatable bonds is 10. The number of nitrogens with zero attached hydrogens (tertiary/aromatic N) is 3. The van der Waals surface area contributed by atoms with E-state index in [2.05, 4.69) is 11.1 Å². The number of hydrogen-bond acceptors (Lipinski definition) is 4. The number of nitriles is 1. The molecule has 0 aliphatic carbocycles. The number of alkyl halides is 2. The predicted molar refractivity (Wildman–Crippen MR) is 94.7 cm³/mol. The van der Waals surface area contributed by atoms with Gasteiger partial charge in [-0.25, -0.2) is 4.99 Å². The van der Waals surface area contributed by atoms with Crippen LogP contribution in [0.1, 0.15) is 18.4 Å². The van der Waals surface area contributed by atoms with Crippen molar-refractivity contribution >= 4 is 35.2 Å². The van der Waals surface area contributed by atoms with Gasteiger partial charge in [0, 0.05) is 38.0 Å². The lowest BCUT2D eigenvalue weighted by atomic mass is 10.1. The number of halogens is 2. The summed E-state index contributed by atoms with van der Waals surface area (Å²) >= 11 is 11.3. The molecule has 0 amide bonds. The molecule has 0 unspecified atom stereocenters. The molecule has 0 fully saturated rings. The molecule has 0 atom stereocenters. The van der Waals surface area contributed by atoms with Crippen molar-refractivity contribution in [2.45, 2.75) is 12.8 Å². The maximum atomic E-state index is 9.31. The average Bonchev–Trinajstić information content (AvgIpc) is 2.54. The summed E-state index contributed by atoms with van der Waals surface area (Å²) in [6.45, 7) is 0.929. The zero-order valence-electron chi connectivity index (χ0n) is 13.4. The molecule has 1 rings (SSSR count). The van der Waals surface area contributed by atoms with Crippen LogP contribution in [-0.2, 0) is 0 Å². The van der Waals surface area contributed by atoms with Gasteiger partial charge in [0.15, 0.2) is 11.5 Å². The molecular formula is C16H21Cl2N3O2. The Morgan fingerprint density at radius 2 is 1.70 bits per heavy atom. The molecule has 0 heterocycles. The van der Waals surface area contributed by atoms with Gasteiger partial charge >= 0.3 is 0 Å². The molecular weight excluding hydrogens is 337 g/mol. The molecule has 7 heteroatoms. The Morgan fingerprint density at radius 3 is 2.17 bits per heavy atom. The lowest BCUT2D eigenvalue weighted by Crippen LogP contribution is -2.07. The van der Waals surface area contributed by atoms with Gasteiger partial charge in [0.2, 0.25) is 0 Å². The van der Waals surface area contributed by atoms with Gasteiger partial charge in [0.05, 0.1) is 30.8 Å². The molecule has 1 aromatic rings. The Kier molecular flexibility index (Phi) is 9.27. The molecule has 5 nitrogen and oxygen atoms in total. The van der Waals surface area contributed by atoms with E-state index in [9.17, 15) is 5.26 Å². The highest BCUT2D eigenvalue weighted by atomic mass is 35.5. The highest BCUT2D eigenvalue weighted by Gasteiger charge is 2.12. The van der Waals surface area contributed by atoms with Gasteiger partial charge < -0.3 is 14.4 Å². The summed E-state index contributed by atoms with van der Waals surface area (Å²) in [6.07, 6.45) is 3.07. The second-order valence-corrected chi connectivity index (χ2v) is 5.67. The smallest absolute Gasteiger partial charge is 0.163 e. The van der Waals surface area contributed by atoms with E-state index < -0.39 is 0 Å². The van der Waals surface area contributed by atoms with Crippen molar-refractivity contribution in [2.75, 3.05) is 39.1 Å². The molecule has 23 heavy (non-hydrogen) atoms. The molecule has 0 aliphatic heterocycles.